The van der Waals surface area contributed by atoms with Gasteiger partial charge >= 0.3 is 18.0 Å². The molecule has 1 fully saturated rings. The number of unbranched alkanes of at least 4 members (excludes halogenated alkanes) is 2. The lowest BCUT2D eigenvalue weighted by Gasteiger charge is -2.24. The number of carboxylic acids is 2. The van der Waals surface area contributed by atoms with E-state index in [-0.39, 0.29) is 13.2 Å². The van der Waals surface area contributed by atoms with Crippen molar-refractivity contribution >= 4 is 23.6 Å². The smallest absolute Gasteiger partial charge is 0.410 e. The van der Waals surface area contributed by atoms with Gasteiger partial charge in [-0.3, -0.25) is 9.69 Å². The molecular formula is C29H35NO7. The standard InChI is InChI=1S/C29H35NO7/c1-4-5-9-14-36-25-13-12-22(15-19(25)2)20(3)24-17-30(27(28(33)34)23(24)16-26(31)32)29(35)37-18-21-10-7-6-8-11-21/h6-8,10-13,15,23-24,27H,3-5,9,14,16-18H2,1-2H3,(H,31,32)(H,33,34)/t23-,24+,27-/m0/s1. The monoisotopic (exact) mass is 509 g/mol. The SMILES string of the molecule is C=C(c1ccc(OCCCCC)c(C)c1)[C@H]1CN(C(=O)OCc2ccccc2)[C@H](C(=O)O)[C@H]1CC(=O)O. The molecule has 0 saturated carbocycles. The number of rotatable bonds is 12. The van der Waals surface area contributed by atoms with Gasteiger partial charge in [0.05, 0.1) is 13.0 Å². The van der Waals surface area contributed by atoms with Crippen molar-refractivity contribution in [3.8, 4) is 5.75 Å². The first-order valence-electron chi connectivity index (χ1n) is 12.6. The normalized spacial score (nSPS) is 18.9. The van der Waals surface area contributed by atoms with Crippen LogP contribution in [0.25, 0.3) is 5.57 Å². The van der Waals surface area contributed by atoms with E-state index in [1.54, 1.807) is 12.1 Å². The summed E-state index contributed by atoms with van der Waals surface area (Å²) in [6, 6.07) is 13.3. The highest BCUT2D eigenvalue weighted by Crippen LogP contribution is 2.41. The highest BCUT2D eigenvalue weighted by molar-refractivity contribution is 5.84. The van der Waals surface area contributed by atoms with E-state index < -0.39 is 42.3 Å². The molecule has 0 aliphatic carbocycles. The van der Waals surface area contributed by atoms with E-state index in [0.29, 0.717) is 12.2 Å². The number of likely N-dealkylation sites (tertiary alicyclic amines) is 1. The largest absolute Gasteiger partial charge is 0.493 e. The van der Waals surface area contributed by atoms with E-state index in [9.17, 15) is 24.6 Å². The van der Waals surface area contributed by atoms with Gasteiger partial charge < -0.3 is 19.7 Å². The van der Waals surface area contributed by atoms with Crippen LogP contribution in [0.2, 0.25) is 0 Å². The Bertz CT molecular complexity index is 1110. The fourth-order valence-electron chi connectivity index (χ4n) is 4.80. The third-order valence-corrected chi connectivity index (χ3v) is 6.75. The molecular weight excluding hydrogens is 474 g/mol. The lowest BCUT2D eigenvalue weighted by atomic mass is 9.80. The fraction of sp³-hybridized carbons (Fsp3) is 0.414. The molecule has 3 atom stereocenters. The third kappa shape index (κ3) is 7.12. The number of carbonyl (C=O) groups excluding carboxylic acids is 1. The summed E-state index contributed by atoms with van der Waals surface area (Å²) < 4.78 is 11.3. The Labute approximate surface area is 217 Å². The van der Waals surface area contributed by atoms with E-state index >= 15 is 0 Å². The van der Waals surface area contributed by atoms with Crippen molar-refractivity contribution in [1.29, 1.82) is 0 Å². The van der Waals surface area contributed by atoms with Crippen LogP contribution in [0.1, 0.15) is 49.3 Å². The molecule has 0 unspecified atom stereocenters. The maximum Gasteiger partial charge on any atom is 0.410 e. The van der Waals surface area contributed by atoms with Crippen molar-refractivity contribution < 1.29 is 34.1 Å². The molecule has 2 aromatic rings. The molecule has 0 radical (unpaired) electrons. The van der Waals surface area contributed by atoms with E-state index in [2.05, 4.69) is 13.5 Å². The first-order valence-corrected chi connectivity index (χ1v) is 12.6. The number of ether oxygens (including phenoxy) is 2. The topological polar surface area (TPSA) is 113 Å². The van der Waals surface area contributed by atoms with Crippen molar-refractivity contribution in [3.63, 3.8) is 0 Å². The van der Waals surface area contributed by atoms with Crippen LogP contribution in [-0.4, -0.2) is 52.3 Å². The quantitative estimate of drug-likeness (QED) is 0.369. The third-order valence-electron chi connectivity index (χ3n) is 6.75. The minimum absolute atomic E-state index is 0.00428. The zero-order valence-corrected chi connectivity index (χ0v) is 21.4. The van der Waals surface area contributed by atoms with Crippen LogP contribution in [0, 0.1) is 18.8 Å². The molecule has 1 aliphatic heterocycles. The van der Waals surface area contributed by atoms with Gasteiger partial charge in [-0.15, -0.1) is 0 Å². The molecule has 8 heteroatoms. The van der Waals surface area contributed by atoms with Crippen molar-refractivity contribution in [3.05, 3.63) is 71.8 Å². The summed E-state index contributed by atoms with van der Waals surface area (Å²) in [5, 5.41) is 19.5. The lowest BCUT2D eigenvalue weighted by Crippen LogP contribution is -2.44. The number of aliphatic carboxylic acids is 2. The molecule has 1 amide bonds. The summed E-state index contributed by atoms with van der Waals surface area (Å²) in [5.74, 6) is -3.09. The van der Waals surface area contributed by atoms with Crippen LogP contribution >= 0.6 is 0 Å². The average Bonchev–Trinajstić information content (AvgIpc) is 3.25. The molecule has 1 aliphatic rings. The van der Waals surface area contributed by atoms with E-state index in [0.717, 1.165) is 46.6 Å². The molecule has 1 saturated heterocycles. The number of hydrogen-bond donors (Lipinski definition) is 2. The van der Waals surface area contributed by atoms with Crippen LogP contribution in [-0.2, 0) is 20.9 Å². The Morgan fingerprint density at radius 2 is 1.81 bits per heavy atom. The van der Waals surface area contributed by atoms with E-state index in [4.69, 9.17) is 9.47 Å². The maximum absolute atomic E-state index is 13.0. The maximum atomic E-state index is 13.0. The Hall–Kier alpha value is -3.81. The number of aryl methyl sites for hydroxylation is 1. The number of carbonyl (C=O) groups is 3. The van der Waals surface area contributed by atoms with Crippen LogP contribution in [0.4, 0.5) is 4.79 Å². The van der Waals surface area contributed by atoms with E-state index in [1.165, 1.54) is 0 Å². The first-order chi connectivity index (χ1) is 17.7. The summed E-state index contributed by atoms with van der Waals surface area (Å²) in [4.78, 5) is 38.0. The Morgan fingerprint density at radius 3 is 2.43 bits per heavy atom. The van der Waals surface area contributed by atoms with E-state index in [1.807, 2.05) is 43.3 Å². The molecule has 2 aromatic carbocycles. The second-order valence-corrected chi connectivity index (χ2v) is 9.40. The minimum Gasteiger partial charge on any atom is -0.493 e. The Kier molecular flexibility index (Phi) is 9.71. The summed E-state index contributed by atoms with van der Waals surface area (Å²) >= 11 is 0. The summed E-state index contributed by atoms with van der Waals surface area (Å²) in [6.07, 6.45) is 1.95. The molecule has 1 heterocycles. The molecule has 2 N–H and O–H groups in total. The predicted molar refractivity (Wildman–Crippen MR) is 139 cm³/mol. The summed E-state index contributed by atoms with van der Waals surface area (Å²) in [5.41, 5.74) is 2.99. The second kappa shape index (κ2) is 12.9. The highest BCUT2D eigenvalue weighted by Gasteiger charge is 2.50. The number of amides is 1. The number of hydrogen-bond acceptors (Lipinski definition) is 5. The first kappa shape index (κ1) is 27.8. The highest BCUT2D eigenvalue weighted by atomic mass is 16.6. The van der Waals surface area contributed by atoms with Crippen LogP contribution in [0.3, 0.4) is 0 Å². The lowest BCUT2D eigenvalue weighted by molar-refractivity contribution is -0.144. The van der Waals surface area contributed by atoms with Gasteiger partial charge in [-0.05, 0) is 47.7 Å². The molecule has 0 bridgehead atoms. The molecule has 3 rings (SSSR count). The molecule has 37 heavy (non-hydrogen) atoms. The minimum atomic E-state index is -1.34. The molecule has 8 nitrogen and oxygen atoms in total. The number of nitrogens with zero attached hydrogens (tertiary/aromatic N) is 1. The van der Waals surface area contributed by atoms with Gasteiger partial charge in [0.2, 0.25) is 0 Å². The summed E-state index contributed by atoms with van der Waals surface area (Å²) in [6.45, 7) is 8.85. The average molecular weight is 510 g/mol. The van der Waals surface area contributed by atoms with Crippen molar-refractivity contribution in [2.45, 2.75) is 52.2 Å². The van der Waals surface area contributed by atoms with Gasteiger partial charge in [0.1, 0.15) is 18.4 Å². The Morgan fingerprint density at radius 1 is 1.08 bits per heavy atom. The van der Waals surface area contributed by atoms with Gasteiger partial charge in [-0.2, -0.15) is 0 Å². The predicted octanol–water partition coefficient (Wildman–Crippen LogP) is 5.39. The number of benzene rings is 2. The van der Waals surface area contributed by atoms with Crippen LogP contribution in [0.5, 0.6) is 5.75 Å². The molecule has 198 valence electrons. The fourth-order valence-corrected chi connectivity index (χ4v) is 4.80. The van der Waals surface area contributed by atoms with Crippen molar-refractivity contribution in [1.82, 2.24) is 4.90 Å². The molecule has 0 aromatic heterocycles. The zero-order valence-electron chi connectivity index (χ0n) is 21.4. The molecule has 0 spiro atoms. The Balaban J connectivity index is 1.80. The van der Waals surface area contributed by atoms with Gasteiger partial charge in [0.25, 0.3) is 0 Å². The van der Waals surface area contributed by atoms with Crippen molar-refractivity contribution in [2.24, 2.45) is 11.8 Å². The summed E-state index contributed by atoms with van der Waals surface area (Å²) in [7, 11) is 0. The van der Waals surface area contributed by atoms with Gasteiger partial charge in [0, 0.05) is 18.4 Å². The van der Waals surface area contributed by atoms with Gasteiger partial charge in [-0.1, -0.05) is 62.7 Å². The van der Waals surface area contributed by atoms with Crippen LogP contribution in [0.15, 0.2) is 55.1 Å². The second-order valence-electron chi connectivity index (χ2n) is 9.40. The zero-order chi connectivity index (χ0) is 26.9. The number of carboxylic acid groups (broad SMARTS) is 2. The van der Waals surface area contributed by atoms with Crippen LogP contribution < -0.4 is 4.74 Å². The van der Waals surface area contributed by atoms with Gasteiger partial charge in [-0.25, -0.2) is 9.59 Å². The van der Waals surface area contributed by atoms with Gasteiger partial charge in [0.15, 0.2) is 0 Å². The van der Waals surface area contributed by atoms with Crippen molar-refractivity contribution in [2.75, 3.05) is 13.2 Å².